The average Bonchev–Trinajstić information content (AvgIpc) is 3.24. The van der Waals surface area contributed by atoms with E-state index in [9.17, 15) is 15.0 Å². The van der Waals surface area contributed by atoms with Gasteiger partial charge < -0.3 is 20.4 Å². The van der Waals surface area contributed by atoms with Crippen LogP contribution in [0.25, 0.3) is 0 Å². The van der Waals surface area contributed by atoms with Gasteiger partial charge in [-0.3, -0.25) is 0 Å². The number of hydrogen-bond acceptors (Lipinski definition) is 4. The number of nitrogens with one attached hydrogen (secondary N) is 1. The first kappa shape index (κ1) is 16.7. The quantitative estimate of drug-likeness (QED) is 0.501. The van der Waals surface area contributed by atoms with Gasteiger partial charge in [-0.1, -0.05) is 51.2 Å². The molecular weight excluding hydrogens is 308 g/mol. The minimum atomic E-state index is -0.664. The number of carbonyl (C=O) groups is 1. The van der Waals surface area contributed by atoms with Crippen molar-refractivity contribution < 1.29 is 19.8 Å². The lowest BCUT2D eigenvalue weighted by Gasteiger charge is -2.10. The van der Waals surface area contributed by atoms with Crippen molar-refractivity contribution in [2.24, 2.45) is 0 Å². The van der Waals surface area contributed by atoms with Crippen molar-refractivity contribution in [3.8, 4) is 11.8 Å². The summed E-state index contributed by atoms with van der Waals surface area (Å²) >= 11 is 0. The van der Waals surface area contributed by atoms with Gasteiger partial charge in [0.1, 0.15) is 0 Å². The molecule has 0 spiro atoms. The molecule has 1 aromatic heterocycles. The summed E-state index contributed by atoms with van der Waals surface area (Å²) in [5.74, 6) is -0.137. The maximum atomic E-state index is 11.9. The van der Waals surface area contributed by atoms with Crippen molar-refractivity contribution >= 4 is 6.09 Å². The number of fused-ring (bicyclic) bond motifs is 5. The Balaban J connectivity index is 1.48. The zero-order chi connectivity index (χ0) is 17.1. The molecule has 6 nitrogen and oxygen atoms in total. The van der Waals surface area contributed by atoms with Crippen molar-refractivity contribution in [3.05, 3.63) is 23.3 Å². The summed E-state index contributed by atoms with van der Waals surface area (Å²) in [5.41, 5.74) is 1.37. The molecule has 1 aromatic rings. The third kappa shape index (κ3) is 3.09. The predicted octanol–water partition coefficient (Wildman–Crippen LogP) is 3.54. The lowest BCUT2D eigenvalue weighted by atomic mass is 10.0. The maximum Gasteiger partial charge on any atom is 0.432 e. The molecule has 2 bridgehead atoms. The Labute approximate surface area is 142 Å². The van der Waals surface area contributed by atoms with Crippen molar-refractivity contribution in [1.29, 1.82) is 0 Å². The molecule has 3 rings (SSSR count). The fourth-order valence-electron chi connectivity index (χ4n) is 3.72. The van der Waals surface area contributed by atoms with Crippen molar-refractivity contribution in [1.82, 2.24) is 10.0 Å². The normalized spacial score (nSPS) is 20.4. The van der Waals surface area contributed by atoms with E-state index in [1.165, 1.54) is 25.7 Å². The van der Waals surface area contributed by atoms with E-state index in [1.807, 2.05) is 12.2 Å². The van der Waals surface area contributed by atoms with Gasteiger partial charge in [-0.25, -0.2) is 4.79 Å². The molecule has 2 atom stereocenters. The SMILES string of the molecule is CCCCCCCCNC(=O)On1c(O)c2c(c1O)C1C=CC2C1. The summed E-state index contributed by atoms with van der Waals surface area (Å²) in [5, 5.41) is 23.2. The van der Waals surface area contributed by atoms with E-state index in [1.54, 1.807) is 0 Å². The Hall–Kier alpha value is -2.11. The Morgan fingerprint density at radius 3 is 2.33 bits per heavy atom. The van der Waals surface area contributed by atoms with Crippen molar-refractivity contribution in [2.45, 2.75) is 63.7 Å². The second kappa shape index (κ2) is 7.20. The second-order valence-electron chi connectivity index (χ2n) is 6.68. The summed E-state index contributed by atoms with van der Waals surface area (Å²) in [7, 11) is 0. The van der Waals surface area contributed by atoms with Gasteiger partial charge in [0.15, 0.2) is 0 Å². The Bertz CT molecular complexity index is 600. The number of rotatable bonds is 8. The number of aromatic nitrogens is 1. The van der Waals surface area contributed by atoms with Crippen LogP contribution in [-0.2, 0) is 0 Å². The number of hydrogen-bond donors (Lipinski definition) is 3. The highest BCUT2D eigenvalue weighted by Gasteiger charge is 2.42. The largest absolute Gasteiger partial charge is 0.492 e. The monoisotopic (exact) mass is 334 g/mol. The molecule has 2 unspecified atom stereocenters. The number of carbonyl (C=O) groups excluding carboxylic acids is 1. The number of nitrogens with zero attached hydrogens (tertiary/aromatic N) is 1. The smallest absolute Gasteiger partial charge is 0.432 e. The molecule has 24 heavy (non-hydrogen) atoms. The van der Waals surface area contributed by atoms with Crippen LogP contribution in [0.15, 0.2) is 12.2 Å². The third-order valence-corrected chi connectivity index (χ3v) is 4.96. The Kier molecular flexibility index (Phi) is 5.02. The molecule has 2 aliphatic carbocycles. The molecule has 0 aliphatic heterocycles. The summed E-state index contributed by atoms with van der Waals surface area (Å²) in [6, 6.07) is 0. The number of aromatic hydroxyl groups is 2. The highest BCUT2D eigenvalue weighted by atomic mass is 16.7. The molecule has 0 aromatic carbocycles. The van der Waals surface area contributed by atoms with Crippen LogP contribution in [0.5, 0.6) is 11.8 Å². The van der Waals surface area contributed by atoms with Gasteiger partial charge in [-0.05, 0) is 12.8 Å². The third-order valence-electron chi connectivity index (χ3n) is 4.96. The molecule has 3 N–H and O–H groups in total. The van der Waals surface area contributed by atoms with Gasteiger partial charge in [-0.15, -0.1) is 4.73 Å². The van der Waals surface area contributed by atoms with Gasteiger partial charge in [0.25, 0.3) is 0 Å². The van der Waals surface area contributed by atoms with Crippen molar-refractivity contribution in [3.63, 3.8) is 0 Å². The second-order valence-corrected chi connectivity index (χ2v) is 6.68. The topological polar surface area (TPSA) is 83.7 Å². The van der Waals surface area contributed by atoms with Crippen LogP contribution in [0.4, 0.5) is 4.79 Å². The zero-order valence-electron chi connectivity index (χ0n) is 14.1. The fraction of sp³-hybridized carbons (Fsp3) is 0.611. The van der Waals surface area contributed by atoms with E-state index in [0.717, 1.165) is 24.0 Å². The van der Waals surface area contributed by atoms with Gasteiger partial charge >= 0.3 is 6.09 Å². The van der Waals surface area contributed by atoms with E-state index in [-0.39, 0.29) is 23.6 Å². The highest BCUT2D eigenvalue weighted by Crippen LogP contribution is 2.56. The number of amides is 1. The minimum Gasteiger partial charge on any atom is -0.492 e. The lowest BCUT2D eigenvalue weighted by Crippen LogP contribution is -2.32. The van der Waals surface area contributed by atoms with Gasteiger partial charge in [-0.2, -0.15) is 0 Å². The van der Waals surface area contributed by atoms with Crippen LogP contribution in [0.3, 0.4) is 0 Å². The highest BCUT2D eigenvalue weighted by molar-refractivity contribution is 5.68. The molecule has 0 saturated carbocycles. The Morgan fingerprint density at radius 2 is 1.71 bits per heavy atom. The van der Waals surface area contributed by atoms with Crippen LogP contribution >= 0.6 is 0 Å². The van der Waals surface area contributed by atoms with Crippen LogP contribution in [0.1, 0.15) is 74.8 Å². The molecule has 132 valence electrons. The van der Waals surface area contributed by atoms with E-state index in [4.69, 9.17) is 4.84 Å². The fourth-order valence-corrected chi connectivity index (χ4v) is 3.72. The van der Waals surface area contributed by atoms with E-state index in [2.05, 4.69) is 12.2 Å². The number of allylic oxidation sites excluding steroid dienone is 2. The summed E-state index contributed by atoms with van der Waals surface area (Å²) in [6.45, 7) is 2.71. The first-order valence-electron chi connectivity index (χ1n) is 8.94. The molecular formula is C18H26N2O4. The maximum absolute atomic E-state index is 11.9. The number of unbranched alkanes of at least 4 members (excludes halogenated alkanes) is 5. The molecule has 0 radical (unpaired) electrons. The molecule has 0 fully saturated rings. The summed E-state index contributed by atoms with van der Waals surface area (Å²) < 4.78 is 0.841. The van der Waals surface area contributed by atoms with Gasteiger partial charge in [0, 0.05) is 29.5 Å². The lowest BCUT2D eigenvalue weighted by molar-refractivity contribution is 0.107. The van der Waals surface area contributed by atoms with Crippen LogP contribution in [0.2, 0.25) is 0 Å². The van der Waals surface area contributed by atoms with E-state index in [0.29, 0.717) is 17.7 Å². The van der Waals surface area contributed by atoms with Crippen LogP contribution in [0, 0.1) is 0 Å². The van der Waals surface area contributed by atoms with Gasteiger partial charge in [0.05, 0.1) is 0 Å². The first-order chi connectivity index (χ1) is 11.6. The minimum absolute atomic E-state index is 0.104. The average molecular weight is 334 g/mol. The summed E-state index contributed by atoms with van der Waals surface area (Å²) in [4.78, 5) is 16.9. The molecule has 0 saturated heterocycles. The first-order valence-corrected chi connectivity index (χ1v) is 8.94. The summed E-state index contributed by atoms with van der Waals surface area (Å²) in [6.07, 6.45) is 11.1. The van der Waals surface area contributed by atoms with Gasteiger partial charge in [0.2, 0.25) is 11.8 Å². The van der Waals surface area contributed by atoms with E-state index >= 15 is 0 Å². The zero-order valence-corrected chi connectivity index (χ0v) is 14.1. The molecule has 2 aliphatic rings. The molecule has 1 amide bonds. The molecule has 1 heterocycles. The standard InChI is InChI=1S/C18H26N2O4/c1-2-3-4-5-6-7-10-19-18(23)24-20-16(21)14-12-8-9-13(11-12)15(14)17(20)22/h8-9,12-13,21-22H,2-7,10-11H2,1H3,(H,19,23). The van der Waals surface area contributed by atoms with Crippen LogP contribution < -0.4 is 10.2 Å². The van der Waals surface area contributed by atoms with Crippen LogP contribution in [-0.4, -0.2) is 27.6 Å². The van der Waals surface area contributed by atoms with E-state index < -0.39 is 6.09 Å². The predicted molar refractivity (Wildman–Crippen MR) is 90.4 cm³/mol. The Morgan fingerprint density at radius 1 is 1.12 bits per heavy atom. The van der Waals surface area contributed by atoms with Crippen molar-refractivity contribution in [2.75, 3.05) is 6.54 Å². The molecule has 6 heteroatoms.